The van der Waals surface area contributed by atoms with Crippen molar-refractivity contribution in [2.75, 3.05) is 13.1 Å². The van der Waals surface area contributed by atoms with Crippen LogP contribution in [0.15, 0.2) is 48.5 Å². The SMILES string of the molecule is CC(N)C1CCN(C(=O)c2ccccc2OCc2ccccc2Cl)CC1.Cl. The van der Waals surface area contributed by atoms with Gasteiger partial charge in [0.2, 0.25) is 0 Å². The molecule has 6 heteroatoms. The molecule has 0 radical (unpaired) electrons. The number of carbonyl (C=O) groups is 1. The van der Waals surface area contributed by atoms with Crippen LogP contribution < -0.4 is 10.5 Å². The van der Waals surface area contributed by atoms with Gasteiger partial charge in [-0.1, -0.05) is 41.9 Å². The van der Waals surface area contributed by atoms with E-state index in [1.807, 2.05) is 60.4 Å². The molecule has 1 heterocycles. The molecule has 0 aromatic heterocycles. The van der Waals surface area contributed by atoms with Crippen molar-refractivity contribution in [1.29, 1.82) is 0 Å². The third-order valence-electron chi connectivity index (χ3n) is 5.03. The highest BCUT2D eigenvalue weighted by Gasteiger charge is 2.26. The lowest BCUT2D eigenvalue weighted by Gasteiger charge is -2.34. The number of halogens is 2. The van der Waals surface area contributed by atoms with E-state index in [9.17, 15) is 4.79 Å². The molecule has 0 saturated carbocycles. The Hall–Kier alpha value is -1.75. The number of nitrogens with zero attached hydrogens (tertiary/aromatic N) is 1. The third kappa shape index (κ3) is 5.38. The van der Waals surface area contributed by atoms with E-state index in [4.69, 9.17) is 22.1 Å². The largest absolute Gasteiger partial charge is 0.488 e. The van der Waals surface area contributed by atoms with Crippen molar-refractivity contribution in [1.82, 2.24) is 4.90 Å². The van der Waals surface area contributed by atoms with E-state index in [0.29, 0.717) is 28.9 Å². The second kappa shape index (κ2) is 9.98. The van der Waals surface area contributed by atoms with Gasteiger partial charge in [0.25, 0.3) is 5.91 Å². The van der Waals surface area contributed by atoms with Crippen LogP contribution in [-0.4, -0.2) is 29.9 Å². The average Bonchev–Trinajstić information content (AvgIpc) is 2.67. The number of carbonyl (C=O) groups excluding carboxylic acids is 1. The lowest BCUT2D eigenvalue weighted by Crippen LogP contribution is -2.42. The molecule has 1 fully saturated rings. The van der Waals surface area contributed by atoms with Crippen LogP contribution in [0.4, 0.5) is 0 Å². The van der Waals surface area contributed by atoms with E-state index in [-0.39, 0.29) is 24.4 Å². The minimum Gasteiger partial charge on any atom is -0.488 e. The van der Waals surface area contributed by atoms with E-state index in [0.717, 1.165) is 31.5 Å². The molecular weight excluding hydrogens is 383 g/mol. The summed E-state index contributed by atoms with van der Waals surface area (Å²) in [6, 6.07) is 15.1. The van der Waals surface area contributed by atoms with Crippen molar-refractivity contribution in [2.45, 2.75) is 32.4 Å². The van der Waals surface area contributed by atoms with Gasteiger partial charge in [-0.2, -0.15) is 0 Å². The molecular formula is C21H26Cl2N2O2. The van der Waals surface area contributed by atoms with Crippen molar-refractivity contribution in [3.63, 3.8) is 0 Å². The minimum absolute atomic E-state index is 0. The molecule has 1 aliphatic heterocycles. The molecule has 1 aliphatic rings. The predicted octanol–water partition coefficient (Wildman–Crippen LogP) is 4.54. The fourth-order valence-corrected chi connectivity index (χ4v) is 3.53. The Bertz CT molecular complexity index is 759. The Morgan fingerprint density at radius 1 is 1.19 bits per heavy atom. The van der Waals surface area contributed by atoms with E-state index >= 15 is 0 Å². The van der Waals surface area contributed by atoms with Crippen molar-refractivity contribution < 1.29 is 9.53 Å². The molecule has 1 atom stereocenters. The highest BCUT2D eigenvalue weighted by atomic mass is 35.5. The lowest BCUT2D eigenvalue weighted by atomic mass is 9.90. The summed E-state index contributed by atoms with van der Waals surface area (Å²) in [7, 11) is 0. The Morgan fingerprint density at radius 2 is 1.81 bits per heavy atom. The van der Waals surface area contributed by atoms with Gasteiger partial charge in [-0.25, -0.2) is 0 Å². The fourth-order valence-electron chi connectivity index (χ4n) is 3.34. The summed E-state index contributed by atoms with van der Waals surface area (Å²) in [6.45, 7) is 3.85. The maximum atomic E-state index is 13.0. The van der Waals surface area contributed by atoms with Crippen LogP contribution in [0, 0.1) is 5.92 Å². The van der Waals surface area contributed by atoms with Crippen LogP contribution in [0.1, 0.15) is 35.7 Å². The maximum absolute atomic E-state index is 13.0. The number of para-hydroxylation sites is 1. The molecule has 0 bridgehead atoms. The Balaban J connectivity index is 0.00000261. The number of likely N-dealkylation sites (tertiary alicyclic amines) is 1. The normalized spacial score (nSPS) is 15.7. The van der Waals surface area contributed by atoms with Gasteiger partial charge >= 0.3 is 0 Å². The Morgan fingerprint density at radius 3 is 2.48 bits per heavy atom. The first kappa shape index (κ1) is 21.5. The standard InChI is InChI=1S/C21H25ClN2O2.ClH/c1-15(23)16-10-12-24(13-11-16)21(25)18-7-3-5-9-20(18)26-14-17-6-2-4-8-19(17)22;/h2-9,15-16H,10-14,23H2,1H3;1H. The van der Waals surface area contributed by atoms with E-state index in [1.54, 1.807) is 0 Å². The molecule has 2 aromatic carbocycles. The zero-order chi connectivity index (χ0) is 18.5. The van der Waals surface area contributed by atoms with Crippen LogP contribution in [0.5, 0.6) is 5.75 Å². The summed E-state index contributed by atoms with van der Waals surface area (Å²) in [6.07, 6.45) is 1.90. The van der Waals surface area contributed by atoms with Gasteiger partial charge in [0.15, 0.2) is 0 Å². The Labute approximate surface area is 172 Å². The quantitative estimate of drug-likeness (QED) is 0.789. The first-order valence-electron chi connectivity index (χ1n) is 9.06. The first-order chi connectivity index (χ1) is 12.6. The smallest absolute Gasteiger partial charge is 0.257 e. The molecule has 4 nitrogen and oxygen atoms in total. The maximum Gasteiger partial charge on any atom is 0.257 e. The van der Waals surface area contributed by atoms with Gasteiger partial charge in [-0.3, -0.25) is 4.79 Å². The predicted molar refractivity (Wildman–Crippen MR) is 112 cm³/mol. The molecule has 3 rings (SSSR count). The van der Waals surface area contributed by atoms with E-state index < -0.39 is 0 Å². The molecule has 2 aromatic rings. The molecule has 1 amide bonds. The van der Waals surface area contributed by atoms with Crippen LogP contribution in [0.3, 0.4) is 0 Å². The molecule has 1 unspecified atom stereocenters. The molecule has 0 spiro atoms. The van der Waals surface area contributed by atoms with Crippen LogP contribution >= 0.6 is 24.0 Å². The number of ether oxygens (including phenoxy) is 1. The highest BCUT2D eigenvalue weighted by molar-refractivity contribution is 6.31. The van der Waals surface area contributed by atoms with Crippen LogP contribution in [-0.2, 0) is 6.61 Å². The topological polar surface area (TPSA) is 55.6 Å². The summed E-state index contributed by atoms with van der Waals surface area (Å²) in [5.74, 6) is 1.10. The average molecular weight is 409 g/mol. The fraction of sp³-hybridized carbons (Fsp3) is 0.381. The zero-order valence-corrected chi connectivity index (χ0v) is 17.0. The Kier molecular flexibility index (Phi) is 7.96. The van der Waals surface area contributed by atoms with Crippen molar-refractivity contribution in [3.8, 4) is 5.75 Å². The molecule has 0 aliphatic carbocycles. The third-order valence-corrected chi connectivity index (χ3v) is 5.40. The van der Waals surface area contributed by atoms with E-state index in [2.05, 4.69) is 0 Å². The van der Waals surface area contributed by atoms with Crippen molar-refractivity contribution in [2.24, 2.45) is 11.7 Å². The lowest BCUT2D eigenvalue weighted by molar-refractivity contribution is 0.0676. The second-order valence-electron chi connectivity index (χ2n) is 6.86. The molecule has 27 heavy (non-hydrogen) atoms. The number of nitrogens with two attached hydrogens (primary N) is 1. The van der Waals surface area contributed by atoms with Gasteiger partial charge in [0, 0.05) is 29.7 Å². The van der Waals surface area contributed by atoms with Gasteiger partial charge in [0.05, 0.1) is 5.56 Å². The molecule has 2 N–H and O–H groups in total. The summed E-state index contributed by atoms with van der Waals surface area (Å²) < 4.78 is 5.92. The monoisotopic (exact) mass is 408 g/mol. The number of hydrogen-bond donors (Lipinski definition) is 1. The zero-order valence-electron chi connectivity index (χ0n) is 15.4. The minimum atomic E-state index is 0. The number of piperidine rings is 1. The van der Waals surface area contributed by atoms with Crippen molar-refractivity contribution >= 4 is 29.9 Å². The number of hydrogen-bond acceptors (Lipinski definition) is 3. The van der Waals surface area contributed by atoms with Crippen LogP contribution in [0.2, 0.25) is 5.02 Å². The van der Waals surface area contributed by atoms with Crippen LogP contribution in [0.25, 0.3) is 0 Å². The molecule has 1 saturated heterocycles. The number of amides is 1. The van der Waals surface area contributed by atoms with E-state index in [1.165, 1.54) is 0 Å². The van der Waals surface area contributed by atoms with Gasteiger partial charge in [-0.15, -0.1) is 12.4 Å². The summed E-state index contributed by atoms with van der Waals surface area (Å²) in [5.41, 5.74) is 7.49. The van der Waals surface area contributed by atoms with Crippen molar-refractivity contribution in [3.05, 3.63) is 64.7 Å². The van der Waals surface area contributed by atoms with Gasteiger partial charge < -0.3 is 15.4 Å². The first-order valence-corrected chi connectivity index (χ1v) is 9.44. The summed E-state index contributed by atoms with van der Waals surface area (Å²) >= 11 is 6.19. The highest BCUT2D eigenvalue weighted by Crippen LogP contribution is 2.26. The van der Waals surface area contributed by atoms with Gasteiger partial charge in [-0.05, 0) is 43.9 Å². The second-order valence-corrected chi connectivity index (χ2v) is 7.27. The number of benzene rings is 2. The van der Waals surface area contributed by atoms with Gasteiger partial charge in [0.1, 0.15) is 12.4 Å². The number of rotatable bonds is 5. The summed E-state index contributed by atoms with van der Waals surface area (Å²) in [5, 5.41) is 0.661. The summed E-state index contributed by atoms with van der Waals surface area (Å²) in [4.78, 5) is 14.9. The molecule has 146 valence electrons.